The van der Waals surface area contributed by atoms with Crippen LogP contribution >= 0.6 is 0 Å². The molecule has 0 spiro atoms. The van der Waals surface area contributed by atoms with Gasteiger partial charge in [-0.1, -0.05) is 24.3 Å². The number of rotatable bonds is 4. The van der Waals surface area contributed by atoms with Crippen LogP contribution in [0.4, 0.5) is 10.5 Å². The number of nitrogens with one attached hydrogen (secondary N) is 2. The molecule has 1 aliphatic carbocycles. The van der Waals surface area contributed by atoms with E-state index in [4.69, 9.17) is 4.74 Å². The molecule has 6 nitrogen and oxygen atoms in total. The number of carbonyl (C=O) groups is 2. The topological polar surface area (TPSA) is 70.7 Å². The average Bonchev–Trinajstić information content (AvgIpc) is 3.02. The van der Waals surface area contributed by atoms with Crippen molar-refractivity contribution in [1.29, 1.82) is 0 Å². The van der Waals surface area contributed by atoms with Crippen LogP contribution in [-0.2, 0) is 12.8 Å². The molecule has 26 heavy (non-hydrogen) atoms. The van der Waals surface area contributed by atoms with E-state index in [1.54, 1.807) is 32.3 Å². The first-order chi connectivity index (χ1) is 12.5. The fraction of sp³-hybridized carbons (Fsp3) is 0.300. The molecule has 0 atom stereocenters. The molecule has 0 saturated carbocycles. The number of ether oxygens (including phenoxy) is 1. The van der Waals surface area contributed by atoms with Crippen LogP contribution in [0.2, 0.25) is 0 Å². The molecule has 0 aromatic heterocycles. The lowest BCUT2D eigenvalue weighted by atomic mass is 10.1. The molecule has 3 rings (SSSR count). The highest BCUT2D eigenvalue weighted by atomic mass is 16.5. The number of nitrogens with zero attached hydrogens (tertiary/aromatic N) is 1. The summed E-state index contributed by atoms with van der Waals surface area (Å²) in [6.45, 7) is 0. The molecule has 2 aromatic carbocycles. The summed E-state index contributed by atoms with van der Waals surface area (Å²) in [4.78, 5) is 26.1. The van der Waals surface area contributed by atoms with Crippen molar-refractivity contribution in [1.82, 2.24) is 10.2 Å². The maximum absolute atomic E-state index is 12.3. The quantitative estimate of drug-likeness (QED) is 0.888. The molecule has 0 fully saturated rings. The van der Waals surface area contributed by atoms with Gasteiger partial charge in [0.15, 0.2) is 0 Å². The second-order valence-electron chi connectivity index (χ2n) is 6.59. The average molecular weight is 353 g/mol. The Balaban J connectivity index is 1.66. The Kier molecular flexibility index (Phi) is 5.11. The minimum Gasteiger partial charge on any atom is -0.496 e. The monoisotopic (exact) mass is 353 g/mol. The van der Waals surface area contributed by atoms with Gasteiger partial charge in [0.1, 0.15) is 5.75 Å². The first kappa shape index (κ1) is 17.8. The Bertz CT molecular complexity index is 808. The Morgan fingerprint density at radius 2 is 1.73 bits per heavy atom. The van der Waals surface area contributed by atoms with Crippen molar-refractivity contribution < 1.29 is 14.3 Å². The zero-order valence-corrected chi connectivity index (χ0v) is 15.2. The molecule has 136 valence electrons. The molecule has 0 aliphatic heterocycles. The minimum absolute atomic E-state index is 0.0773. The standard InChI is InChI=1S/C20H23N3O3/c1-23(2)19(24)17-12-15(8-9-18(17)26-3)21-20(25)22-16-10-13-6-4-5-7-14(13)11-16/h4-9,12,16H,10-11H2,1-3H3,(H2,21,22,25). The van der Waals surface area contributed by atoms with Crippen LogP contribution in [0.1, 0.15) is 21.5 Å². The van der Waals surface area contributed by atoms with Crippen molar-refractivity contribution >= 4 is 17.6 Å². The summed E-state index contributed by atoms with van der Waals surface area (Å²) in [5.41, 5.74) is 3.51. The third-order valence-electron chi connectivity index (χ3n) is 4.48. The highest BCUT2D eigenvalue weighted by molar-refractivity contribution is 5.99. The maximum atomic E-state index is 12.3. The minimum atomic E-state index is -0.281. The molecule has 0 radical (unpaired) electrons. The number of methoxy groups -OCH3 is 1. The van der Waals surface area contributed by atoms with Gasteiger partial charge in [-0.3, -0.25) is 4.79 Å². The van der Waals surface area contributed by atoms with Gasteiger partial charge in [0.05, 0.1) is 12.7 Å². The second kappa shape index (κ2) is 7.47. The Labute approximate surface area is 153 Å². The SMILES string of the molecule is COc1ccc(NC(=O)NC2Cc3ccccc3C2)cc1C(=O)N(C)C. The van der Waals surface area contributed by atoms with E-state index < -0.39 is 0 Å². The van der Waals surface area contributed by atoms with Gasteiger partial charge in [-0.15, -0.1) is 0 Å². The van der Waals surface area contributed by atoms with Crippen LogP contribution in [0.5, 0.6) is 5.75 Å². The number of amides is 3. The van der Waals surface area contributed by atoms with Gasteiger partial charge in [0.25, 0.3) is 5.91 Å². The fourth-order valence-corrected chi connectivity index (χ4v) is 3.21. The lowest BCUT2D eigenvalue weighted by Gasteiger charge is -2.16. The number of hydrogen-bond acceptors (Lipinski definition) is 3. The maximum Gasteiger partial charge on any atom is 0.319 e. The van der Waals surface area contributed by atoms with Gasteiger partial charge in [-0.05, 0) is 42.2 Å². The number of urea groups is 1. The first-order valence-electron chi connectivity index (χ1n) is 8.52. The van der Waals surface area contributed by atoms with Crippen LogP contribution in [0.15, 0.2) is 42.5 Å². The zero-order valence-electron chi connectivity index (χ0n) is 15.2. The molecule has 0 bridgehead atoms. The summed E-state index contributed by atoms with van der Waals surface area (Å²) < 4.78 is 5.24. The molecule has 6 heteroatoms. The summed E-state index contributed by atoms with van der Waals surface area (Å²) in [7, 11) is 4.86. The van der Waals surface area contributed by atoms with E-state index in [0.29, 0.717) is 17.0 Å². The predicted molar refractivity (Wildman–Crippen MR) is 101 cm³/mol. The van der Waals surface area contributed by atoms with Gasteiger partial charge in [-0.2, -0.15) is 0 Å². The Morgan fingerprint density at radius 3 is 2.31 bits per heavy atom. The van der Waals surface area contributed by atoms with Crippen LogP contribution in [0.3, 0.4) is 0 Å². The molecule has 0 heterocycles. The summed E-state index contributed by atoms with van der Waals surface area (Å²) in [5, 5.41) is 5.80. The van der Waals surface area contributed by atoms with Crippen LogP contribution < -0.4 is 15.4 Å². The lowest BCUT2D eigenvalue weighted by Crippen LogP contribution is -2.38. The first-order valence-corrected chi connectivity index (χ1v) is 8.52. The van der Waals surface area contributed by atoms with Crippen molar-refractivity contribution in [2.45, 2.75) is 18.9 Å². The summed E-state index contributed by atoms with van der Waals surface area (Å²) in [6.07, 6.45) is 1.66. The van der Waals surface area contributed by atoms with Gasteiger partial charge < -0.3 is 20.3 Å². The fourth-order valence-electron chi connectivity index (χ4n) is 3.21. The van der Waals surface area contributed by atoms with Crippen LogP contribution in [0, 0.1) is 0 Å². The van der Waals surface area contributed by atoms with Gasteiger partial charge in [-0.25, -0.2) is 4.79 Å². The Hall–Kier alpha value is -3.02. The Morgan fingerprint density at radius 1 is 1.08 bits per heavy atom. The molecule has 1 aliphatic rings. The largest absolute Gasteiger partial charge is 0.496 e. The van der Waals surface area contributed by atoms with Crippen molar-refractivity contribution in [3.05, 3.63) is 59.2 Å². The number of fused-ring (bicyclic) bond motifs is 1. The molecule has 2 aromatic rings. The predicted octanol–water partition coefficient (Wildman–Crippen LogP) is 2.69. The molecule has 2 N–H and O–H groups in total. The highest BCUT2D eigenvalue weighted by Gasteiger charge is 2.22. The van der Waals surface area contributed by atoms with Gasteiger partial charge >= 0.3 is 6.03 Å². The molecular formula is C20H23N3O3. The summed E-state index contributed by atoms with van der Waals surface area (Å²) in [6, 6.07) is 13.0. The number of anilines is 1. The van der Waals surface area contributed by atoms with Crippen molar-refractivity contribution in [2.75, 3.05) is 26.5 Å². The van der Waals surface area contributed by atoms with E-state index >= 15 is 0 Å². The normalized spacial score (nSPS) is 13.0. The molecular weight excluding hydrogens is 330 g/mol. The third kappa shape index (κ3) is 3.79. The highest BCUT2D eigenvalue weighted by Crippen LogP contribution is 2.24. The van der Waals surface area contributed by atoms with Crippen molar-refractivity contribution in [3.63, 3.8) is 0 Å². The lowest BCUT2D eigenvalue weighted by molar-refractivity contribution is 0.0824. The van der Waals surface area contributed by atoms with Gasteiger partial charge in [0.2, 0.25) is 0 Å². The van der Waals surface area contributed by atoms with Crippen LogP contribution in [-0.4, -0.2) is 44.1 Å². The van der Waals surface area contributed by atoms with Crippen molar-refractivity contribution in [3.8, 4) is 5.75 Å². The second-order valence-corrected chi connectivity index (χ2v) is 6.59. The zero-order chi connectivity index (χ0) is 18.7. The number of carbonyl (C=O) groups excluding carboxylic acids is 2. The molecule has 3 amide bonds. The van der Waals surface area contributed by atoms with Gasteiger partial charge in [0, 0.05) is 25.8 Å². The number of benzene rings is 2. The summed E-state index contributed by atoms with van der Waals surface area (Å²) >= 11 is 0. The molecule has 0 unspecified atom stereocenters. The molecule has 0 saturated heterocycles. The van der Waals surface area contributed by atoms with E-state index in [1.165, 1.54) is 23.1 Å². The van der Waals surface area contributed by atoms with E-state index in [9.17, 15) is 9.59 Å². The smallest absolute Gasteiger partial charge is 0.319 e. The van der Waals surface area contributed by atoms with Crippen molar-refractivity contribution in [2.24, 2.45) is 0 Å². The van der Waals surface area contributed by atoms with E-state index in [1.807, 2.05) is 12.1 Å². The summed E-state index contributed by atoms with van der Waals surface area (Å²) in [5.74, 6) is 0.290. The van der Waals surface area contributed by atoms with E-state index in [0.717, 1.165) is 12.8 Å². The number of hydrogen-bond donors (Lipinski definition) is 2. The third-order valence-corrected chi connectivity index (χ3v) is 4.48. The van der Waals surface area contributed by atoms with E-state index in [-0.39, 0.29) is 18.0 Å². The van der Waals surface area contributed by atoms with E-state index in [2.05, 4.69) is 22.8 Å². The van der Waals surface area contributed by atoms with Crippen LogP contribution in [0.25, 0.3) is 0 Å².